The molecule has 3 aromatic carbocycles. The highest BCUT2D eigenvalue weighted by atomic mass is 16.3. The van der Waals surface area contributed by atoms with Gasteiger partial charge in [0, 0.05) is 35.2 Å². The molecular formula is C26H19N3O. The minimum absolute atomic E-state index is 0.0481. The van der Waals surface area contributed by atoms with Crippen LogP contribution in [0.4, 0.5) is 0 Å². The number of benzene rings is 3. The van der Waals surface area contributed by atoms with Gasteiger partial charge in [0.15, 0.2) is 0 Å². The van der Waals surface area contributed by atoms with Gasteiger partial charge in [0.05, 0.1) is 17.8 Å². The van der Waals surface area contributed by atoms with Gasteiger partial charge >= 0.3 is 0 Å². The number of hydrogen-bond acceptors (Lipinski definition) is 3. The molecule has 2 heterocycles. The van der Waals surface area contributed by atoms with Crippen molar-refractivity contribution in [2.24, 2.45) is 0 Å². The molecule has 1 aliphatic carbocycles. The first-order valence-electron chi connectivity index (χ1n) is 10.1. The summed E-state index contributed by atoms with van der Waals surface area (Å²) in [6.45, 7) is 0.0481. The Morgan fingerprint density at radius 2 is 1.87 bits per heavy atom. The van der Waals surface area contributed by atoms with E-state index >= 15 is 0 Å². The van der Waals surface area contributed by atoms with Crippen molar-refractivity contribution in [3.63, 3.8) is 0 Å². The van der Waals surface area contributed by atoms with Crippen molar-refractivity contribution >= 4 is 33.3 Å². The van der Waals surface area contributed by atoms with Crippen LogP contribution in [0.1, 0.15) is 22.4 Å². The van der Waals surface area contributed by atoms with Crippen LogP contribution in [-0.2, 0) is 13.0 Å². The van der Waals surface area contributed by atoms with Gasteiger partial charge in [-0.3, -0.25) is 10.1 Å². The number of aromatic amines is 1. The van der Waals surface area contributed by atoms with Crippen LogP contribution in [0, 0.1) is 0 Å². The molecule has 144 valence electrons. The molecule has 2 N–H and O–H groups in total. The number of nitrogens with one attached hydrogen (secondary N) is 1. The fourth-order valence-electron chi connectivity index (χ4n) is 4.50. The average Bonchev–Trinajstić information content (AvgIpc) is 3.42. The number of H-pyrrole nitrogens is 1. The first-order valence-corrected chi connectivity index (χ1v) is 10.1. The minimum Gasteiger partial charge on any atom is -0.392 e. The Hall–Kier alpha value is -3.76. The second kappa shape index (κ2) is 6.65. The summed E-state index contributed by atoms with van der Waals surface area (Å²) in [6.07, 6.45) is 6.83. The summed E-state index contributed by atoms with van der Waals surface area (Å²) in [5, 5.41) is 20.9. The van der Waals surface area contributed by atoms with E-state index in [-0.39, 0.29) is 6.61 Å². The molecule has 0 saturated carbocycles. The van der Waals surface area contributed by atoms with Gasteiger partial charge in [0.2, 0.25) is 0 Å². The normalized spacial score (nSPS) is 13.0. The lowest BCUT2D eigenvalue weighted by atomic mass is 9.98. The Kier molecular flexibility index (Phi) is 3.79. The molecule has 0 saturated heterocycles. The van der Waals surface area contributed by atoms with Crippen molar-refractivity contribution in [2.75, 3.05) is 0 Å². The van der Waals surface area contributed by atoms with E-state index in [1.165, 1.54) is 16.5 Å². The lowest BCUT2D eigenvalue weighted by Gasteiger charge is -2.07. The Morgan fingerprint density at radius 3 is 2.80 bits per heavy atom. The summed E-state index contributed by atoms with van der Waals surface area (Å²) < 4.78 is 0. The van der Waals surface area contributed by atoms with Crippen LogP contribution in [0.3, 0.4) is 0 Å². The predicted molar refractivity (Wildman–Crippen MR) is 121 cm³/mol. The molecule has 5 aromatic rings. The summed E-state index contributed by atoms with van der Waals surface area (Å²) in [5.41, 5.74) is 8.73. The van der Waals surface area contributed by atoms with Crippen LogP contribution in [0.15, 0.2) is 73.1 Å². The highest BCUT2D eigenvalue weighted by Crippen LogP contribution is 2.37. The molecule has 2 aromatic heterocycles. The minimum atomic E-state index is 0.0481. The Labute approximate surface area is 173 Å². The lowest BCUT2D eigenvalue weighted by Crippen LogP contribution is -1.90. The van der Waals surface area contributed by atoms with Crippen molar-refractivity contribution < 1.29 is 5.11 Å². The third-order valence-electron chi connectivity index (χ3n) is 6.00. The number of fused-ring (bicyclic) bond motifs is 3. The standard InChI is InChI=1S/C26H19N3O/c30-15-19-6-3-5-16-10-20(12-22(16)19)26-23-11-17(8-9-25(23)28-29-26)24-14-27-13-18-4-1-2-7-21(18)24/h1-9,11-14,30H,10,15H2,(H,28,29). The summed E-state index contributed by atoms with van der Waals surface area (Å²) in [5.74, 6) is 0. The van der Waals surface area contributed by atoms with Crippen LogP contribution < -0.4 is 0 Å². The number of nitrogens with zero attached hydrogens (tertiary/aromatic N) is 2. The van der Waals surface area contributed by atoms with Crippen LogP contribution >= 0.6 is 0 Å². The molecule has 4 nitrogen and oxygen atoms in total. The molecule has 1 aliphatic rings. The summed E-state index contributed by atoms with van der Waals surface area (Å²) in [4.78, 5) is 4.44. The first-order chi connectivity index (χ1) is 14.8. The Morgan fingerprint density at radius 1 is 0.933 bits per heavy atom. The number of aliphatic hydroxyl groups is 1. The summed E-state index contributed by atoms with van der Waals surface area (Å²) >= 11 is 0. The van der Waals surface area contributed by atoms with Gasteiger partial charge in [-0.2, -0.15) is 5.10 Å². The molecule has 0 atom stereocenters. The molecule has 0 aliphatic heterocycles. The molecule has 4 heteroatoms. The van der Waals surface area contributed by atoms with E-state index in [0.29, 0.717) is 0 Å². The van der Waals surface area contributed by atoms with Gasteiger partial charge in [-0.05, 0) is 51.4 Å². The van der Waals surface area contributed by atoms with Gasteiger partial charge in [0.25, 0.3) is 0 Å². The molecular weight excluding hydrogens is 370 g/mol. The summed E-state index contributed by atoms with van der Waals surface area (Å²) in [7, 11) is 0. The van der Waals surface area contributed by atoms with E-state index in [4.69, 9.17) is 0 Å². The van der Waals surface area contributed by atoms with E-state index in [9.17, 15) is 5.11 Å². The number of aliphatic hydroxyl groups excluding tert-OH is 1. The molecule has 0 spiro atoms. The molecule has 0 unspecified atom stereocenters. The van der Waals surface area contributed by atoms with Crippen molar-refractivity contribution in [1.82, 2.24) is 15.2 Å². The highest BCUT2D eigenvalue weighted by Gasteiger charge is 2.20. The topological polar surface area (TPSA) is 61.8 Å². The SMILES string of the molecule is OCc1cccc2c1C=C(c1n[nH]c3ccc(-c4cncc5ccccc45)cc13)C2. The lowest BCUT2D eigenvalue weighted by molar-refractivity contribution is 0.281. The largest absolute Gasteiger partial charge is 0.392 e. The van der Waals surface area contributed by atoms with Crippen molar-refractivity contribution in [1.29, 1.82) is 0 Å². The van der Waals surface area contributed by atoms with Gasteiger partial charge < -0.3 is 5.11 Å². The Bertz CT molecular complexity index is 1460. The van der Waals surface area contributed by atoms with Crippen molar-refractivity contribution in [3.8, 4) is 11.1 Å². The third kappa shape index (κ3) is 2.58. The van der Waals surface area contributed by atoms with Crippen LogP contribution in [0.2, 0.25) is 0 Å². The monoisotopic (exact) mass is 389 g/mol. The fourth-order valence-corrected chi connectivity index (χ4v) is 4.50. The van der Waals surface area contributed by atoms with E-state index in [0.717, 1.165) is 50.7 Å². The number of rotatable bonds is 3. The zero-order valence-corrected chi connectivity index (χ0v) is 16.3. The fraction of sp³-hybridized carbons (Fsp3) is 0.0769. The number of allylic oxidation sites excluding steroid dienone is 1. The van der Waals surface area contributed by atoms with E-state index in [1.807, 2.05) is 30.6 Å². The maximum atomic E-state index is 9.68. The van der Waals surface area contributed by atoms with Gasteiger partial charge in [-0.25, -0.2) is 0 Å². The second-order valence-corrected chi connectivity index (χ2v) is 7.74. The number of aromatic nitrogens is 3. The van der Waals surface area contributed by atoms with Crippen molar-refractivity contribution in [2.45, 2.75) is 13.0 Å². The third-order valence-corrected chi connectivity index (χ3v) is 6.00. The van der Waals surface area contributed by atoms with Gasteiger partial charge in [0.1, 0.15) is 0 Å². The van der Waals surface area contributed by atoms with Gasteiger partial charge in [-0.15, -0.1) is 0 Å². The molecule has 0 radical (unpaired) electrons. The zero-order valence-electron chi connectivity index (χ0n) is 16.3. The maximum absolute atomic E-state index is 9.68. The van der Waals surface area contributed by atoms with Crippen LogP contribution in [0.25, 0.3) is 44.5 Å². The van der Waals surface area contributed by atoms with E-state index in [2.05, 4.69) is 63.7 Å². The molecule has 0 bridgehead atoms. The zero-order chi connectivity index (χ0) is 20.1. The molecule has 0 amide bonds. The molecule has 6 rings (SSSR count). The quantitative estimate of drug-likeness (QED) is 0.436. The van der Waals surface area contributed by atoms with Crippen LogP contribution in [-0.4, -0.2) is 20.3 Å². The number of hydrogen-bond donors (Lipinski definition) is 2. The maximum Gasteiger partial charge on any atom is 0.0962 e. The van der Waals surface area contributed by atoms with Crippen LogP contribution in [0.5, 0.6) is 0 Å². The van der Waals surface area contributed by atoms with E-state index < -0.39 is 0 Å². The first kappa shape index (κ1) is 17.1. The summed E-state index contributed by atoms with van der Waals surface area (Å²) in [6, 6.07) is 20.9. The molecule has 0 fully saturated rings. The average molecular weight is 389 g/mol. The van der Waals surface area contributed by atoms with E-state index in [1.54, 1.807) is 0 Å². The predicted octanol–water partition coefficient (Wildman–Crippen LogP) is 5.37. The van der Waals surface area contributed by atoms with Gasteiger partial charge in [-0.1, -0.05) is 48.5 Å². The number of pyridine rings is 1. The molecule has 30 heavy (non-hydrogen) atoms. The van der Waals surface area contributed by atoms with Crippen molar-refractivity contribution in [3.05, 3.63) is 95.4 Å². The smallest absolute Gasteiger partial charge is 0.0962 e. The highest BCUT2D eigenvalue weighted by molar-refractivity contribution is 6.02. The second-order valence-electron chi connectivity index (χ2n) is 7.74. The Balaban J connectivity index is 1.50.